The molecule has 1 N–H and O–H groups in total. The van der Waals surface area contributed by atoms with Gasteiger partial charge in [0, 0.05) is 25.1 Å². The van der Waals surface area contributed by atoms with Crippen LogP contribution in [0.3, 0.4) is 0 Å². The van der Waals surface area contributed by atoms with Crippen LogP contribution in [0, 0.1) is 0 Å². The minimum Gasteiger partial charge on any atom is -0.391 e. The van der Waals surface area contributed by atoms with Gasteiger partial charge in [-0.25, -0.2) is 0 Å². The van der Waals surface area contributed by atoms with E-state index < -0.39 is 6.10 Å². The Morgan fingerprint density at radius 2 is 2.31 bits per heavy atom. The Labute approximate surface area is 93.0 Å². The van der Waals surface area contributed by atoms with Gasteiger partial charge in [-0.2, -0.15) is 0 Å². The zero-order valence-electron chi connectivity index (χ0n) is 8.93. The van der Waals surface area contributed by atoms with Gasteiger partial charge in [-0.05, 0) is 19.3 Å². The maximum absolute atomic E-state index is 11.9. The van der Waals surface area contributed by atoms with Gasteiger partial charge in [0.1, 0.15) is 5.76 Å². The number of amides is 1. The predicted octanol–water partition coefficient (Wildman–Crippen LogP) is 0.759. The van der Waals surface area contributed by atoms with Gasteiger partial charge in [-0.3, -0.25) is 4.79 Å². The number of carbonyl (C=O) groups excluding carboxylic acids is 1. The molecule has 2 aliphatic rings. The summed E-state index contributed by atoms with van der Waals surface area (Å²) in [5.74, 6) is 1.16. The van der Waals surface area contributed by atoms with Crippen LogP contribution < -0.4 is 0 Å². The molecule has 3 rings (SSSR count). The molecule has 1 aromatic rings. The fraction of sp³-hybridized carbons (Fsp3) is 0.636. The summed E-state index contributed by atoms with van der Waals surface area (Å²) >= 11 is 0. The number of β-amino-alcohol motifs (C(OH)–C–C–N with tert-alkyl or cyclic N) is 1. The van der Waals surface area contributed by atoms with Crippen molar-refractivity contribution in [3.8, 4) is 0 Å². The lowest BCUT2D eigenvalue weighted by Crippen LogP contribution is -2.29. The van der Waals surface area contributed by atoms with Crippen molar-refractivity contribution < 1.29 is 14.4 Å². The van der Waals surface area contributed by atoms with Crippen molar-refractivity contribution in [2.24, 2.45) is 0 Å². The first-order valence-corrected chi connectivity index (χ1v) is 5.68. The normalized spacial score (nSPS) is 25.1. The zero-order valence-corrected chi connectivity index (χ0v) is 8.93. The summed E-state index contributed by atoms with van der Waals surface area (Å²) in [6, 6.07) is 1.74. The third kappa shape index (κ3) is 1.71. The van der Waals surface area contributed by atoms with Gasteiger partial charge in [0.05, 0.1) is 6.10 Å². The van der Waals surface area contributed by atoms with Gasteiger partial charge in [0.25, 0.3) is 5.91 Å². The van der Waals surface area contributed by atoms with Crippen molar-refractivity contribution in [3.63, 3.8) is 0 Å². The van der Waals surface area contributed by atoms with Gasteiger partial charge >= 0.3 is 0 Å². The monoisotopic (exact) mass is 222 g/mol. The molecule has 1 atom stereocenters. The molecule has 1 aliphatic carbocycles. The SMILES string of the molecule is O=C(c1cc(C2CC2)on1)N1CC[C@@H](O)C1. The van der Waals surface area contributed by atoms with Gasteiger partial charge in [0.15, 0.2) is 5.69 Å². The largest absolute Gasteiger partial charge is 0.391 e. The number of likely N-dealkylation sites (tertiary alicyclic amines) is 1. The molecule has 0 radical (unpaired) electrons. The number of hydrogen-bond donors (Lipinski definition) is 1. The summed E-state index contributed by atoms with van der Waals surface area (Å²) in [6.07, 6.45) is 2.52. The van der Waals surface area contributed by atoms with Crippen molar-refractivity contribution in [2.45, 2.75) is 31.3 Å². The minimum absolute atomic E-state index is 0.132. The average Bonchev–Trinajstić information content (AvgIpc) is 2.86. The Bertz CT molecular complexity index is 411. The summed E-state index contributed by atoms with van der Waals surface area (Å²) in [7, 11) is 0. The molecule has 86 valence electrons. The van der Waals surface area contributed by atoms with Crippen LogP contribution in [0.4, 0.5) is 0 Å². The van der Waals surface area contributed by atoms with E-state index in [9.17, 15) is 9.90 Å². The summed E-state index contributed by atoms with van der Waals surface area (Å²) in [5.41, 5.74) is 0.371. The van der Waals surface area contributed by atoms with E-state index in [1.165, 1.54) is 0 Å². The Morgan fingerprint density at radius 1 is 1.50 bits per heavy atom. The van der Waals surface area contributed by atoms with E-state index in [0.29, 0.717) is 31.1 Å². The van der Waals surface area contributed by atoms with Crippen LogP contribution in [0.25, 0.3) is 0 Å². The van der Waals surface area contributed by atoms with E-state index in [4.69, 9.17) is 4.52 Å². The second-order valence-electron chi connectivity index (χ2n) is 4.58. The zero-order chi connectivity index (χ0) is 11.1. The molecule has 1 saturated carbocycles. The summed E-state index contributed by atoms with van der Waals surface area (Å²) < 4.78 is 5.14. The van der Waals surface area contributed by atoms with Crippen molar-refractivity contribution in [2.75, 3.05) is 13.1 Å². The first-order chi connectivity index (χ1) is 7.74. The highest BCUT2D eigenvalue weighted by Crippen LogP contribution is 2.40. The van der Waals surface area contributed by atoms with Crippen LogP contribution in [0.5, 0.6) is 0 Å². The molecule has 2 heterocycles. The number of aliphatic hydroxyl groups excluding tert-OH is 1. The highest BCUT2D eigenvalue weighted by Gasteiger charge is 2.31. The van der Waals surface area contributed by atoms with Crippen LogP contribution in [-0.4, -0.2) is 40.3 Å². The molecule has 0 aromatic carbocycles. The maximum atomic E-state index is 11.9. The van der Waals surface area contributed by atoms with Crippen LogP contribution in [0.15, 0.2) is 10.6 Å². The van der Waals surface area contributed by atoms with Gasteiger partial charge in [-0.1, -0.05) is 5.16 Å². The summed E-state index contributed by atoms with van der Waals surface area (Å²) in [4.78, 5) is 13.6. The lowest BCUT2D eigenvalue weighted by Gasteiger charge is -2.12. The molecule has 1 saturated heterocycles. The first-order valence-electron chi connectivity index (χ1n) is 5.68. The van der Waals surface area contributed by atoms with Crippen LogP contribution in [0.2, 0.25) is 0 Å². The van der Waals surface area contributed by atoms with E-state index in [2.05, 4.69) is 5.16 Å². The standard InChI is InChI=1S/C11H14N2O3/c14-8-3-4-13(6-8)11(15)9-5-10(16-12-9)7-1-2-7/h5,7-8,14H,1-4,6H2/t8-/m1/s1. The van der Waals surface area contributed by atoms with E-state index >= 15 is 0 Å². The molecule has 1 amide bonds. The highest BCUT2D eigenvalue weighted by atomic mass is 16.5. The topological polar surface area (TPSA) is 66.6 Å². The van der Waals surface area contributed by atoms with E-state index in [1.807, 2.05) is 0 Å². The fourth-order valence-corrected chi connectivity index (χ4v) is 2.04. The van der Waals surface area contributed by atoms with Crippen molar-refractivity contribution in [3.05, 3.63) is 17.5 Å². The van der Waals surface area contributed by atoms with Crippen molar-refractivity contribution in [1.29, 1.82) is 0 Å². The molecule has 1 aliphatic heterocycles. The lowest BCUT2D eigenvalue weighted by atomic mass is 10.2. The van der Waals surface area contributed by atoms with Gasteiger partial charge < -0.3 is 14.5 Å². The van der Waals surface area contributed by atoms with Gasteiger partial charge in [-0.15, -0.1) is 0 Å². The van der Waals surface area contributed by atoms with E-state index in [1.54, 1.807) is 11.0 Å². The van der Waals surface area contributed by atoms with Crippen LogP contribution in [-0.2, 0) is 0 Å². The molecule has 5 nitrogen and oxygen atoms in total. The highest BCUT2D eigenvalue weighted by molar-refractivity contribution is 5.92. The van der Waals surface area contributed by atoms with Crippen molar-refractivity contribution >= 4 is 5.91 Å². The Kier molecular flexibility index (Phi) is 2.21. The van der Waals surface area contributed by atoms with E-state index in [-0.39, 0.29) is 5.91 Å². The number of hydrogen-bond acceptors (Lipinski definition) is 4. The molecular formula is C11H14N2O3. The molecule has 2 fully saturated rings. The quantitative estimate of drug-likeness (QED) is 0.802. The molecule has 0 spiro atoms. The maximum Gasteiger partial charge on any atom is 0.276 e. The molecule has 1 aromatic heterocycles. The lowest BCUT2D eigenvalue weighted by molar-refractivity contribution is 0.0754. The van der Waals surface area contributed by atoms with E-state index in [0.717, 1.165) is 18.6 Å². The average molecular weight is 222 g/mol. The van der Waals surface area contributed by atoms with Gasteiger partial charge in [0.2, 0.25) is 0 Å². The Morgan fingerprint density at radius 3 is 2.94 bits per heavy atom. The van der Waals surface area contributed by atoms with Crippen LogP contribution in [0.1, 0.15) is 41.4 Å². The number of carbonyl (C=O) groups is 1. The molecule has 0 unspecified atom stereocenters. The molecular weight excluding hydrogens is 208 g/mol. The van der Waals surface area contributed by atoms with Crippen molar-refractivity contribution in [1.82, 2.24) is 10.1 Å². The Balaban J connectivity index is 1.73. The molecule has 5 heteroatoms. The number of aliphatic hydroxyl groups is 1. The Hall–Kier alpha value is -1.36. The summed E-state index contributed by atoms with van der Waals surface area (Å²) in [6.45, 7) is 1.01. The minimum atomic E-state index is -0.390. The number of nitrogens with zero attached hydrogens (tertiary/aromatic N) is 2. The third-order valence-electron chi connectivity index (χ3n) is 3.18. The second kappa shape index (κ2) is 3.59. The third-order valence-corrected chi connectivity index (χ3v) is 3.18. The van der Waals surface area contributed by atoms with Crippen LogP contribution >= 0.6 is 0 Å². The molecule has 0 bridgehead atoms. The second-order valence-corrected chi connectivity index (χ2v) is 4.58. The fourth-order valence-electron chi connectivity index (χ4n) is 2.04. The first kappa shape index (κ1) is 9.84. The smallest absolute Gasteiger partial charge is 0.276 e. The summed E-state index contributed by atoms with van der Waals surface area (Å²) in [5, 5.41) is 13.2. The number of rotatable bonds is 2. The number of aromatic nitrogens is 1. The molecule has 16 heavy (non-hydrogen) atoms. The predicted molar refractivity (Wildman–Crippen MR) is 55.0 cm³/mol.